The maximum atomic E-state index is 13.9. The summed E-state index contributed by atoms with van der Waals surface area (Å²) < 4.78 is 19.2. The lowest BCUT2D eigenvalue weighted by Gasteiger charge is -2.36. The summed E-state index contributed by atoms with van der Waals surface area (Å²) in [5, 5.41) is 3.91. The molecule has 0 atom stereocenters. The minimum atomic E-state index is -0.238. The highest BCUT2D eigenvalue weighted by Crippen LogP contribution is 2.21. The lowest BCUT2D eigenvalue weighted by Crippen LogP contribution is -2.49. The second kappa shape index (κ2) is 7.57. The smallest absolute Gasteiger partial charge is 0.257 e. The van der Waals surface area contributed by atoms with Gasteiger partial charge in [-0.1, -0.05) is 35.5 Å². The van der Waals surface area contributed by atoms with Crippen molar-refractivity contribution in [3.8, 4) is 11.5 Å². The molecule has 4 rings (SSSR count). The van der Waals surface area contributed by atoms with Crippen molar-refractivity contribution < 1.29 is 13.7 Å². The zero-order valence-electron chi connectivity index (χ0n) is 14.7. The number of carbonyl (C=O) groups excluding carboxylic acids is 1. The SMILES string of the molecule is O=C(Cc1noc(-c2ccccc2)n1)N1CCN(c2ccccc2F)CC1. The van der Waals surface area contributed by atoms with Crippen LogP contribution in [-0.2, 0) is 11.2 Å². The number of aromatic nitrogens is 2. The predicted octanol–water partition coefficient (Wildman–Crippen LogP) is 2.77. The Kier molecular flexibility index (Phi) is 4.82. The molecule has 1 aromatic heterocycles. The molecule has 1 aliphatic heterocycles. The predicted molar refractivity (Wildman–Crippen MR) is 98.6 cm³/mol. The van der Waals surface area contributed by atoms with Gasteiger partial charge in [-0.3, -0.25) is 4.79 Å². The summed E-state index contributed by atoms with van der Waals surface area (Å²) in [7, 11) is 0. The maximum Gasteiger partial charge on any atom is 0.257 e. The second-order valence-electron chi connectivity index (χ2n) is 6.38. The first-order valence-corrected chi connectivity index (χ1v) is 8.86. The number of carbonyl (C=O) groups is 1. The van der Waals surface area contributed by atoms with Crippen LogP contribution in [0.2, 0.25) is 0 Å². The first kappa shape index (κ1) is 17.2. The van der Waals surface area contributed by atoms with Gasteiger partial charge < -0.3 is 14.3 Å². The van der Waals surface area contributed by atoms with Crippen molar-refractivity contribution in [1.29, 1.82) is 0 Å². The van der Waals surface area contributed by atoms with Gasteiger partial charge >= 0.3 is 0 Å². The molecule has 0 bridgehead atoms. The van der Waals surface area contributed by atoms with E-state index in [-0.39, 0.29) is 18.1 Å². The Morgan fingerprint density at radius 3 is 2.44 bits per heavy atom. The Hall–Kier alpha value is -3.22. The fourth-order valence-corrected chi connectivity index (χ4v) is 3.18. The van der Waals surface area contributed by atoms with Crippen molar-refractivity contribution in [3.63, 3.8) is 0 Å². The second-order valence-corrected chi connectivity index (χ2v) is 6.38. The van der Waals surface area contributed by atoms with Crippen LogP contribution in [0.3, 0.4) is 0 Å². The Bertz CT molecular complexity index is 920. The summed E-state index contributed by atoms with van der Waals surface area (Å²) in [5.41, 5.74) is 1.40. The van der Waals surface area contributed by atoms with Crippen LogP contribution in [0.4, 0.5) is 10.1 Å². The van der Waals surface area contributed by atoms with Crippen molar-refractivity contribution >= 4 is 11.6 Å². The quantitative estimate of drug-likeness (QED) is 0.711. The van der Waals surface area contributed by atoms with Crippen LogP contribution in [0.5, 0.6) is 0 Å². The number of piperazine rings is 1. The van der Waals surface area contributed by atoms with Gasteiger partial charge in [0.2, 0.25) is 5.91 Å². The molecule has 0 N–H and O–H groups in total. The highest BCUT2D eigenvalue weighted by molar-refractivity contribution is 5.78. The van der Waals surface area contributed by atoms with E-state index in [0.717, 1.165) is 5.56 Å². The number of hydrogen-bond acceptors (Lipinski definition) is 5. The number of nitrogens with zero attached hydrogens (tertiary/aromatic N) is 4. The molecule has 2 aromatic carbocycles. The maximum absolute atomic E-state index is 13.9. The summed E-state index contributed by atoms with van der Waals surface area (Å²) in [4.78, 5) is 20.6. The Labute approximate surface area is 156 Å². The fraction of sp³-hybridized carbons (Fsp3) is 0.250. The molecule has 0 spiro atoms. The van der Waals surface area contributed by atoms with E-state index in [1.807, 2.05) is 41.3 Å². The summed E-state index contributed by atoms with van der Waals surface area (Å²) in [5.74, 6) is 0.485. The van der Waals surface area contributed by atoms with Crippen LogP contribution in [0.1, 0.15) is 5.82 Å². The molecule has 2 heterocycles. The van der Waals surface area contributed by atoms with E-state index >= 15 is 0 Å². The monoisotopic (exact) mass is 366 g/mol. The number of rotatable bonds is 4. The van der Waals surface area contributed by atoms with Gasteiger partial charge in [0.05, 0.1) is 12.1 Å². The molecule has 0 saturated carbocycles. The molecule has 138 valence electrons. The Morgan fingerprint density at radius 1 is 1.00 bits per heavy atom. The normalized spacial score (nSPS) is 14.4. The summed E-state index contributed by atoms with van der Waals surface area (Å²) in [6.07, 6.45) is 0.0933. The molecule has 1 saturated heterocycles. The van der Waals surface area contributed by atoms with Crippen LogP contribution in [-0.4, -0.2) is 47.1 Å². The minimum Gasteiger partial charge on any atom is -0.366 e. The number of benzene rings is 2. The number of anilines is 1. The third kappa shape index (κ3) is 3.81. The first-order valence-electron chi connectivity index (χ1n) is 8.86. The standard InChI is InChI=1S/C20H19FN4O2/c21-16-8-4-5-9-17(16)24-10-12-25(13-11-24)19(26)14-18-22-20(27-23-18)15-6-2-1-3-7-15/h1-9H,10-14H2. The van der Waals surface area contributed by atoms with Gasteiger partial charge in [0.25, 0.3) is 5.89 Å². The van der Waals surface area contributed by atoms with Crippen LogP contribution in [0, 0.1) is 5.82 Å². The van der Waals surface area contributed by atoms with Gasteiger partial charge in [0.15, 0.2) is 5.82 Å². The lowest BCUT2D eigenvalue weighted by molar-refractivity contribution is -0.130. The lowest BCUT2D eigenvalue weighted by atomic mass is 10.2. The number of hydrogen-bond donors (Lipinski definition) is 0. The number of amides is 1. The van der Waals surface area contributed by atoms with E-state index in [9.17, 15) is 9.18 Å². The molecule has 7 heteroatoms. The molecule has 0 radical (unpaired) electrons. The molecular formula is C20H19FN4O2. The third-order valence-electron chi connectivity index (χ3n) is 4.62. The van der Waals surface area contributed by atoms with E-state index in [1.165, 1.54) is 6.07 Å². The molecule has 3 aromatic rings. The Morgan fingerprint density at radius 2 is 1.70 bits per heavy atom. The van der Waals surface area contributed by atoms with Gasteiger partial charge in [-0.2, -0.15) is 4.98 Å². The molecule has 27 heavy (non-hydrogen) atoms. The van der Waals surface area contributed by atoms with Crippen molar-refractivity contribution in [2.24, 2.45) is 0 Å². The average Bonchev–Trinajstić information content (AvgIpc) is 3.18. The molecular weight excluding hydrogens is 347 g/mol. The zero-order chi connectivity index (χ0) is 18.6. The first-order chi connectivity index (χ1) is 13.2. The van der Waals surface area contributed by atoms with Crippen LogP contribution in [0.25, 0.3) is 11.5 Å². The largest absolute Gasteiger partial charge is 0.366 e. The number of para-hydroxylation sites is 1. The van der Waals surface area contributed by atoms with Gasteiger partial charge in [0.1, 0.15) is 5.82 Å². The molecule has 1 fully saturated rings. The zero-order valence-corrected chi connectivity index (χ0v) is 14.7. The van der Waals surface area contributed by atoms with E-state index in [4.69, 9.17) is 4.52 Å². The summed E-state index contributed by atoms with van der Waals surface area (Å²) in [6.45, 7) is 2.26. The van der Waals surface area contributed by atoms with Gasteiger partial charge in [-0.25, -0.2) is 4.39 Å². The van der Waals surface area contributed by atoms with Crippen molar-refractivity contribution in [2.45, 2.75) is 6.42 Å². The number of halogens is 1. The molecule has 0 unspecified atom stereocenters. The van der Waals surface area contributed by atoms with E-state index in [2.05, 4.69) is 10.1 Å². The minimum absolute atomic E-state index is 0.0522. The fourth-order valence-electron chi connectivity index (χ4n) is 3.18. The summed E-state index contributed by atoms with van der Waals surface area (Å²) in [6, 6.07) is 16.1. The molecule has 6 nitrogen and oxygen atoms in total. The Balaban J connectivity index is 1.35. The van der Waals surface area contributed by atoms with Crippen molar-refractivity contribution in [1.82, 2.24) is 15.0 Å². The summed E-state index contributed by atoms with van der Waals surface area (Å²) >= 11 is 0. The molecule has 0 aliphatic carbocycles. The van der Waals surface area contributed by atoms with Crippen LogP contribution in [0.15, 0.2) is 59.1 Å². The van der Waals surface area contributed by atoms with Crippen molar-refractivity contribution in [3.05, 3.63) is 66.2 Å². The molecule has 1 aliphatic rings. The third-order valence-corrected chi connectivity index (χ3v) is 4.62. The molecule has 1 amide bonds. The van der Waals surface area contributed by atoms with E-state index in [1.54, 1.807) is 17.0 Å². The highest BCUT2D eigenvalue weighted by Gasteiger charge is 2.24. The van der Waals surface area contributed by atoms with Gasteiger partial charge in [0, 0.05) is 31.7 Å². The van der Waals surface area contributed by atoms with Gasteiger partial charge in [-0.15, -0.1) is 0 Å². The van der Waals surface area contributed by atoms with Crippen LogP contribution < -0.4 is 4.90 Å². The van der Waals surface area contributed by atoms with Crippen molar-refractivity contribution in [2.75, 3.05) is 31.1 Å². The highest BCUT2D eigenvalue weighted by atomic mass is 19.1. The average molecular weight is 366 g/mol. The van der Waals surface area contributed by atoms with Gasteiger partial charge in [-0.05, 0) is 24.3 Å². The topological polar surface area (TPSA) is 62.5 Å². The van der Waals surface area contributed by atoms with Crippen LogP contribution >= 0.6 is 0 Å². The van der Waals surface area contributed by atoms with E-state index < -0.39 is 0 Å². The van der Waals surface area contributed by atoms with E-state index in [0.29, 0.717) is 43.6 Å².